The van der Waals surface area contributed by atoms with E-state index in [0.717, 1.165) is 18.4 Å². The first-order valence-electron chi connectivity index (χ1n) is 9.34. The molecule has 2 atom stereocenters. The fourth-order valence-corrected chi connectivity index (χ4v) is 3.33. The summed E-state index contributed by atoms with van der Waals surface area (Å²) >= 11 is 0. The molecule has 1 aromatic heterocycles. The van der Waals surface area contributed by atoms with Gasteiger partial charge in [-0.25, -0.2) is 14.3 Å². The third kappa shape index (κ3) is 4.32. The average Bonchev–Trinajstić information content (AvgIpc) is 3.30. The molecule has 28 heavy (non-hydrogen) atoms. The van der Waals surface area contributed by atoms with Gasteiger partial charge in [0.05, 0.1) is 19.3 Å². The van der Waals surface area contributed by atoms with Crippen molar-refractivity contribution < 1.29 is 19.1 Å². The van der Waals surface area contributed by atoms with Crippen LogP contribution < -0.4 is 0 Å². The second-order valence-corrected chi connectivity index (χ2v) is 7.79. The van der Waals surface area contributed by atoms with Crippen LogP contribution in [-0.4, -0.2) is 51.2 Å². The molecular formula is C20H26N4O4. The van der Waals surface area contributed by atoms with Crippen molar-refractivity contribution in [2.45, 2.75) is 51.3 Å². The Kier molecular flexibility index (Phi) is 5.67. The van der Waals surface area contributed by atoms with E-state index in [2.05, 4.69) is 10.3 Å². The smallest absolute Gasteiger partial charge is 0.410 e. The summed E-state index contributed by atoms with van der Waals surface area (Å²) in [6.07, 6.45) is 2.97. The van der Waals surface area contributed by atoms with Gasteiger partial charge in [0.2, 0.25) is 0 Å². The first-order chi connectivity index (χ1) is 13.3. The van der Waals surface area contributed by atoms with E-state index in [1.165, 1.54) is 11.8 Å². The molecule has 2 heterocycles. The second-order valence-electron chi connectivity index (χ2n) is 7.79. The van der Waals surface area contributed by atoms with Crippen LogP contribution in [0.3, 0.4) is 0 Å². The molecule has 1 aliphatic rings. The Balaban J connectivity index is 1.85. The van der Waals surface area contributed by atoms with Crippen molar-refractivity contribution in [3.05, 3.63) is 47.8 Å². The van der Waals surface area contributed by atoms with Crippen molar-refractivity contribution in [1.82, 2.24) is 19.9 Å². The zero-order valence-electron chi connectivity index (χ0n) is 16.7. The molecule has 0 spiro atoms. The molecule has 1 fully saturated rings. The standard InChI is InChI=1S/C20H26N4O4/c1-20(2,3)28-19(26)23-12-8-11-16(23)15-13-24(22-21-15)17(18(25)27-4)14-9-6-5-7-10-14/h5-7,9-10,13,16-17H,8,11-12H2,1-4H3/t16-,17-/m0/s1. The molecule has 8 heteroatoms. The molecule has 0 N–H and O–H groups in total. The normalized spacial score (nSPS) is 18.0. The number of hydrogen-bond acceptors (Lipinski definition) is 6. The second kappa shape index (κ2) is 8.00. The highest BCUT2D eigenvalue weighted by Gasteiger charge is 2.35. The number of esters is 1. The largest absolute Gasteiger partial charge is 0.467 e. The van der Waals surface area contributed by atoms with Crippen LogP contribution in [0.1, 0.15) is 57.0 Å². The summed E-state index contributed by atoms with van der Waals surface area (Å²) in [5.41, 5.74) is 0.819. The predicted molar refractivity (Wildman–Crippen MR) is 102 cm³/mol. The van der Waals surface area contributed by atoms with Gasteiger partial charge in [-0.05, 0) is 39.2 Å². The van der Waals surface area contributed by atoms with Crippen molar-refractivity contribution in [3.8, 4) is 0 Å². The Morgan fingerprint density at radius 3 is 2.57 bits per heavy atom. The third-order valence-corrected chi connectivity index (χ3v) is 4.55. The molecule has 1 saturated heterocycles. The number of likely N-dealkylation sites (tertiary alicyclic amines) is 1. The SMILES string of the molecule is COC(=O)[C@H](c1ccccc1)n1cc([C@@H]2CCCN2C(=O)OC(C)(C)C)nn1. The van der Waals surface area contributed by atoms with Crippen LogP contribution in [0.15, 0.2) is 36.5 Å². The van der Waals surface area contributed by atoms with Gasteiger partial charge in [0.15, 0.2) is 6.04 Å². The summed E-state index contributed by atoms with van der Waals surface area (Å²) in [4.78, 5) is 26.6. The Bertz CT molecular complexity index is 828. The molecule has 0 saturated carbocycles. The summed E-state index contributed by atoms with van der Waals surface area (Å²) in [5.74, 6) is -0.432. The van der Waals surface area contributed by atoms with E-state index in [1.807, 2.05) is 51.1 Å². The van der Waals surface area contributed by atoms with Crippen LogP contribution in [0.4, 0.5) is 4.79 Å². The maximum Gasteiger partial charge on any atom is 0.410 e. The van der Waals surface area contributed by atoms with Gasteiger partial charge in [0.1, 0.15) is 11.3 Å². The van der Waals surface area contributed by atoms with Crippen LogP contribution in [0.2, 0.25) is 0 Å². The van der Waals surface area contributed by atoms with Crippen molar-refractivity contribution in [2.24, 2.45) is 0 Å². The molecule has 8 nitrogen and oxygen atoms in total. The number of carbonyl (C=O) groups is 2. The molecule has 0 aliphatic carbocycles. The minimum atomic E-state index is -0.733. The quantitative estimate of drug-likeness (QED) is 0.751. The number of nitrogens with zero attached hydrogens (tertiary/aromatic N) is 4. The summed E-state index contributed by atoms with van der Waals surface area (Å²) in [6.45, 7) is 6.12. The van der Waals surface area contributed by atoms with Gasteiger partial charge in [0, 0.05) is 6.54 Å². The third-order valence-electron chi connectivity index (χ3n) is 4.55. The Labute approximate surface area is 164 Å². The van der Waals surface area contributed by atoms with E-state index in [-0.39, 0.29) is 12.1 Å². The molecular weight excluding hydrogens is 360 g/mol. The lowest BCUT2D eigenvalue weighted by atomic mass is 10.1. The van der Waals surface area contributed by atoms with Crippen molar-refractivity contribution in [2.75, 3.05) is 13.7 Å². The van der Waals surface area contributed by atoms with Crippen LogP contribution in [-0.2, 0) is 14.3 Å². The molecule has 2 aromatic rings. The number of carbonyl (C=O) groups excluding carboxylic acids is 2. The number of benzene rings is 1. The van der Waals surface area contributed by atoms with E-state index < -0.39 is 17.6 Å². The lowest BCUT2D eigenvalue weighted by molar-refractivity contribution is -0.143. The Morgan fingerprint density at radius 2 is 1.93 bits per heavy atom. The summed E-state index contributed by atoms with van der Waals surface area (Å²) in [5, 5.41) is 8.41. The van der Waals surface area contributed by atoms with Crippen molar-refractivity contribution in [1.29, 1.82) is 0 Å². The van der Waals surface area contributed by atoms with Gasteiger partial charge < -0.3 is 9.47 Å². The van der Waals surface area contributed by atoms with Gasteiger partial charge in [0.25, 0.3) is 0 Å². The van der Waals surface area contributed by atoms with Gasteiger partial charge in [-0.15, -0.1) is 5.10 Å². The lowest BCUT2D eigenvalue weighted by Gasteiger charge is -2.27. The van der Waals surface area contributed by atoms with Crippen LogP contribution in [0.5, 0.6) is 0 Å². The molecule has 3 rings (SSSR count). The summed E-state index contributed by atoms with van der Waals surface area (Å²) < 4.78 is 12.0. The highest BCUT2D eigenvalue weighted by Crippen LogP contribution is 2.32. The first-order valence-corrected chi connectivity index (χ1v) is 9.34. The number of hydrogen-bond donors (Lipinski definition) is 0. The topological polar surface area (TPSA) is 86.5 Å². The predicted octanol–water partition coefficient (Wildman–Crippen LogP) is 3.11. The Morgan fingerprint density at radius 1 is 1.21 bits per heavy atom. The molecule has 1 aliphatic heterocycles. The van der Waals surface area contributed by atoms with E-state index in [9.17, 15) is 9.59 Å². The fraction of sp³-hybridized carbons (Fsp3) is 0.500. The summed E-state index contributed by atoms with van der Waals surface area (Å²) in [7, 11) is 1.34. The van der Waals surface area contributed by atoms with Gasteiger partial charge in [-0.3, -0.25) is 4.90 Å². The van der Waals surface area contributed by atoms with E-state index in [4.69, 9.17) is 9.47 Å². The monoisotopic (exact) mass is 386 g/mol. The number of methoxy groups -OCH3 is 1. The lowest BCUT2D eigenvalue weighted by Crippen LogP contribution is -2.36. The fourth-order valence-electron chi connectivity index (χ4n) is 3.33. The molecule has 0 unspecified atom stereocenters. The number of ether oxygens (including phenoxy) is 2. The maximum absolute atomic E-state index is 12.5. The minimum absolute atomic E-state index is 0.224. The van der Waals surface area contributed by atoms with Crippen LogP contribution in [0.25, 0.3) is 0 Å². The van der Waals surface area contributed by atoms with E-state index in [1.54, 1.807) is 11.1 Å². The van der Waals surface area contributed by atoms with Crippen LogP contribution >= 0.6 is 0 Å². The Hall–Kier alpha value is -2.90. The van der Waals surface area contributed by atoms with Crippen molar-refractivity contribution >= 4 is 12.1 Å². The first kappa shape index (κ1) is 19.9. The zero-order chi connectivity index (χ0) is 20.3. The minimum Gasteiger partial charge on any atom is -0.467 e. The van der Waals surface area contributed by atoms with Crippen molar-refractivity contribution in [3.63, 3.8) is 0 Å². The number of aromatic nitrogens is 3. The van der Waals surface area contributed by atoms with Gasteiger partial charge in [-0.2, -0.15) is 0 Å². The van der Waals surface area contributed by atoms with E-state index in [0.29, 0.717) is 12.2 Å². The molecule has 150 valence electrons. The van der Waals surface area contributed by atoms with Gasteiger partial charge in [-0.1, -0.05) is 35.5 Å². The maximum atomic E-state index is 12.5. The number of rotatable bonds is 4. The molecule has 1 amide bonds. The molecule has 0 radical (unpaired) electrons. The highest BCUT2D eigenvalue weighted by molar-refractivity contribution is 5.77. The number of amides is 1. The van der Waals surface area contributed by atoms with Crippen LogP contribution in [0, 0.1) is 0 Å². The highest BCUT2D eigenvalue weighted by atomic mass is 16.6. The molecule has 1 aromatic carbocycles. The molecule has 0 bridgehead atoms. The van der Waals surface area contributed by atoms with Gasteiger partial charge >= 0.3 is 12.1 Å². The summed E-state index contributed by atoms with van der Waals surface area (Å²) in [6, 6.07) is 8.30. The van der Waals surface area contributed by atoms with E-state index >= 15 is 0 Å². The average molecular weight is 386 g/mol. The zero-order valence-corrected chi connectivity index (χ0v) is 16.7.